The summed E-state index contributed by atoms with van der Waals surface area (Å²) in [6, 6.07) is 4.95. The van der Waals surface area contributed by atoms with Gasteiger partial charge in [0.1, 0.15) is 23.4 Å². The normalized spacial score (nSPS) is 46.6. The number of aryl methyl sites for hydroxylation is 1. The Morgan fingerprint density at radius 3 is 2.81 bits per heavy atom. The predicted molar refractivity (Wildman–Crippen MR) is 123 cm³/mol. The van der Waals surface area contributed by atoms with Gasteiger partial charge in [0.25, 0.3) is 0 Å². The molecule has 3 aliphatic heterocycles. The monoisotopic (exact) mass is 459 g/mol. The molecule has 32 heavy (non-hydrogen) atoms. The second kappa shape index (κ2) is 7.45. The minimum atomic E-state index is -1.00. The molecule has 3 heterocycles. The lowest BCUT2D eigenvalue weighted by Gasteiger charge is -2.57. The molecule has 0 saturated carbocycles. The second-order valence-electron chi connectivity index (χ2n) is 10.4. The molecule has 2 fully saturated rings. The maximum Gasteiger partial charge on any atom is 0.132 e. The van der Waals surface area contributed by atoms with Crippen LogP contribution in [0.25, 0.3) is 0 Å². The molecule has 3 unspecified atom stereocenters. The van der Waals surface area contributed by atoms with Crippen LogP contribution in [-0.2, 0) is 16.6 Å². The quantitative estimate of drug-likeness (QED) is 0.593. The molecule has 1 aromatic rings. The molecule has 0 radical (unpaired) electrons. The smallest absolute Gasteiger partial charge is 0.132 e. The summed E-state index contributed by atoms with van der Waals surface area (Å²) in [6.45, 7) is 4.81. The van der Waals surface area contributed by atoms with Crippen molar-refractivity contribution in [2.75, 3.05) is 20.2 Å². The van der Waals surface area contributed by atoms with Crippen molar-refractivity contribution in [3.8, 4) is 5.75 Å². The molecule has 7 heteroatoms. The first-order valence-electron chi connectivity index (χ1n) is 11.8. The van der Waals surface area contributed by atoms with E-state index in [1.807, 2.05) is 0 Å². The highest BCUT2D eigenvalue weighted by atomic mass is 32.2. The van der Waals surface area contributed by atoms with E-state index in [4.69, 9.17) is 9.47 Å². The summed E-state index contributed by atoms with van der Waals surface area (Å²) >= 11 is 1.53. The Bertz CT molecular complexity index is 953. The summed E-state index contributed by atoms with van der Waals surface area (Å²) in [7, 11) is 2.24. The van der Waals surface area contributed by atoms with Crippen LogP contribution in [0.15, 0.2) is 24.3 Å². The lowest BCUT2D eigenvalue weighted by molar-refractivity contribution is -0.176. The number of likely N-dealkylation sites (N-methyl/N-ethyl adjacent to an activating group) is 1. The molecule has 1 aromatic carbocycles. The fourth-order valence-electron chi connectivity index (χ4n) is 7.03. The topological polar surface area (TPSA) is 82.4 Å². The molecule has 174 valence electrons. The maximum absolute atomic E-state index is 10.8. The Kier molecular flexibility index (Phi) is 5.00. The largest absolute Gasteiger partial charge is 0.487 e. The third-order valence-corrected chi connectivity index (χ3v) is 10.3. The average molecular weight is 460 g/mol. The number of thioether (sulfide) groups is 1. The predicted octanol–water partition coefficient (Wildman–Crippen LogP) is 1.62. The first-order valence-corrected chi connectivity index (χ1v) is 12.8. The lowest BCUT2D eigenvalue weighted by atomic mass is 9.53. The zero-order chi connectivity index (χ0) is 22.4. The standard InChI is InChI=1S/C25H33NO5S/c1-12-4-5-14-10-16-15-6-7-18(32-24-21(29)20(28)13(2)17(11-27)30-24)23-25(15,8-9-26(16)3)19(14)22(12)31-23/h4-7,13,15-18,20-21,23-24,27-29H,8-11H2,1-3H3/t13-,15?,16-,17-,18-,20+,21-,23?,24?,25+/m1/s1. The summed E-state index contributed by atoms with van der Waals surface area (Å²) in [4.78, 5) is 2.50. The minimum absolute atomic E-state index is 0.00680. The first kappa shape index (κ1) is 21.4. The van der Waals surface area contributed by atoms with Crippen molar-refractivity contribution in [3.05, 3.63) is 41.0 Å². The number of likely N-dealkylation sites (tertiary alicyclic amines) is 1. The summed E-state index contributed by atoms with van der Waals surface area (Å²) in [5.74, 6) is 1.15. The van der Waals surface area contributed by atoms with Gasteiger partial charge < -0.3 is 29.7 Å². The van der Waals surface area contributed by atoms with Crippen molar-refractivity contribution in [2.24, 2.45) is 11.8 Å². The van der Waals surface area contributed by atoms with Crippen molar-refractivity contribution in [1.82, 2.24) is 4.90 Å². The molecule has 5 aliphatic rings. The third-order valence-electron chi connectivity index (χ3n) is 8.88. The molecular weight excluding hydrogens is 426 g/mol. The fraction of sp³-hybridized carbons (Fsp3) is 0.680. The van der Waals surface area contributed by atoms with Gasteiger partial charge in [-0.1, -0.05) is 31.2 Å². The van der Waals surface area contributed by atoms with Gasteiger partial charge in [0.05, 0.1) is 24.1 Å². The van der Waals surface area contributed by atoms with Gasteiger partial charge in [-0.15, -0.1) is 11.8 Å². The van der Waals surface area contributed by atoms with Crippen LogP contribution >= 0.6 is 11.8 Å². The second-order valence-corrected chi connectivity index (χ2v) is 11.7. The third kappa shape index (κ3) is 2.72. The van der Waals surface area contributed by atoms with E-state index in [2.05, 4.69) is 43.2 Å². The van der Waals surface area contributed by atoms with Gasteiger partial charge in [-0.05, 0) is 44.5 Å². The van der Waals surface area contributed by atoms with E-state index in [1.54, 1.807) is 6.92 Å². The van der Waals surface area contributed by atoms with E-state index in [0.29, 0.717) is 12.0 Å². The number of benzene rings is 1. The van der Waals surface area contributed by atoms with Gasteiger partial charge in [-0.2, -0.15) is 0 Å². The lowest BCUT2D eigenvalue weighted by Crippen LogP contribution is -2.64. The Hall–Kier alpha value is -1.09. The van der Waals surface area contributed by atoms with E-state index < -0.39 is 23.7 Å². The van der Waals surface area contributed by atoms with Gasteiger partial charge in [-0.25, -0.2) is 0 Å². The van der Waals surface area contributed by atoms with Gasteiger partial charge in [-0.3, -0.25) is 0 Å². The highest BCUT2D eigenvalue weighted by Gasteiger charge is 2.64. The maximum atomic E-state index is 10.8. The van der Waals surface area contributed by atoms with Crippen LogP contribution in [0.2, 0.25) is 0 Å². The summed E-state index contributed by atoms with van der Waals surface area (Å²) in [6.07, 6.45) is 4.29. The van der Waals surface area contributed by atoms with E-state index in [0.717, 1.165) is 25.1 Å². The molecule has 2 bridgehead atoms. The van der Waals surface area contributed by atoms with Crippen molar-refractivity contribution in [2.45, 2.75) is 73.2 Å². The van der Waals surface area contributed by atoms with E-state index in [-0.39, 0.29) is 29.3 Å². The van der Waals surface area contributed by atoms with E-state index in [9.17, 15) is 15.3 Å². The Balaban J connectivity index is 1.38. The Labute approximate surface area is 193 Å². The van der Waals surface area contributed by atoms with Crippen LogP contribution in [-0.4, -0.2) is 81.6 Å². The van der Waals surface area contributed by atoms with Gasteiger partial charge >= 0.3 is 0 Å². The van der Waals surface area contributed by atoms with Crippen LogP contribution in [0.3, 0.4) is 0 Å². The van der Waals surface area contributed by atoms with Crippen molar-refractivity contribution in [3.63, 3.8) is 0 Å². The number of ether oxygens (including phenoxy) is 2. The number of aliphatic hydroxyl groups excluding tert-OH is 3. The fourth-order valence-corrected chi connectivity index (χ4v) is 8.49. The summed E-state index contributed by atoms with van der Waals surface area (Å²) < 4.78 is 12.9. The van der Waals surface area contributed by atoms with Gasteiger partial charge in [0.2, 0.25) is 0 Å². The number of piperidine rings is 1. The number of hydrogen-bond donors (Lipinski definition) is 3. The number of hydrogen-bond acceptors (Lipinski definition) is 7. The Morgan fingerprint density at radius 2 is 2.03 bits per heavy atom. The van der Waals surface area contributed by atoms with Crippen molar-refractivity contribution < 1.29 is 24.8 Å². The summed E-state index contributed by atoms with van der Waals surface area (Å²) in [5, 5.41) is 31.1. The molecule has 6 nitrogen and oxygen atoms in total. The minimum Gasteiger partial charge on any atom is -0.487 e. The molecule has 10 atom stereocenters. The zero-order valence-corrected chi connectivity index (χ0v) is 19.7. The molecule has 0 amide bonds. The number of aliphatic hydroxyl groups is 3. The summed E-state index contributed by atoms with van der Waals surface area (Å²) in [5.41, 5.74) is 3.35. The van der Waals surface area contributed by atoms with Crippen LogP contribution in [0, 0.1) is 18.8 Å². The Morgan fingerprint density at radius 1 is 1.22 bits per heavy atom. The van der Waals surface area contributed by atoms with Gasteiger partial charge in [0, 0.05) is 28.9 Å². The van der Waals surface area contributed by atoms with E-state index in [1.165, 1.54) is 28.5 Å². The molecular formula is C25H33NO5S. The molecule has 3 N–H and O–H groups in total. The van der Waals surface area contributed by atoms with Crippen molar-refractivity contribution in [1.29, 1.82) is 0 Å². The van der Waals surface area contributed by atoms with E-state index >= 15 is 0 Å². The number of nitrogens with zero attached hydrogens (tertiary/aromatic N) is 1. The van der Waals surface area contributed by atoms with Crippen molar-refractivity contribution >= 4 is 11.8 Å². The molecule has 2 saturated heterocycles. The zero-order valence-electron chi connectivity index (χ0n) is 18.8. The molecule has 6 rings (SSSR count). The van der Waals surface area contributed by atoms with Crippen LogP contribution in [0.5, 0.6) is 5.75 Å². The SMILES string of the molecule is Cc1ccc2c3c1OC1[C@H](SC4O[C@H](CO)[C@@H](C)[C@H](O)[C@H]4O)C=CC4[C@@H](C2)N(C)CC[C@@]341. The average Bonchev–Trinajstić information content (AvgIpc) is 3.14. The van der Waals surface area contributed by atoms with Crippen LogP contribution < -0.4 is 4.74 Å². The number of rotatable bonds is 3. The van der Waals surface area contributed by atoms with Crippen LogP contribution in [0.4, 0.5) is 0 Å². The van der Waals surface area contributed by atoms with Crippen LogP contribution in [0.1, 0.15) is 30.0 Å². The highest BCUT2D eigenvalue weighted by Crippen LogP contribution is 2.62. The first-order chi connectivity index (χ1) is 15.4. The molecule has 0 aromatic heterocycles. The molecule has 1 spiro atoms. The van der Waals surface area contributed by atoms with Gasteiger partial charge in [0.15, 0.2) is 0 Å². The highest BCUT2D eigenvalue weighted by molar-refractivity contribution is 8.00. The molecule has 2 aliphatic carbocycles.